The van der Waals surface area contributed by atoms with E-state index in [-0.39, 0.29) is 11.3 Å². The van der Waals surface area contributed by atoms with Crippen molar-refractivity contribution in [3.8, 4) is 6.07 Å². The van der Waals surface area contributed by atoms with Crippen LogP contribution in [-0.2, 0) is 6.61 Å². The molecular weight excluding hydrogens is 305 g/mol. The molecule has 0 fully saturated rings. The number of hydrogen-bond donors (Lipinski definition) is 1. The first kappa shape index (κ1) is 11.3. The highest BCUT2D eigenvalue weighted by molar-refractivity contribution is 14.1. The fraction of sp³-hybridized carbons (Fsp3) is 0.250. The van der Waals surface area contributed by atoms with Gasteiger partial charge in [-0.3, -0.25) is 0 Å². The van der Waals surface area contributed by atoms with Crippen molar-refractivity contribution in [2.75, 3.05) is 0 Å². The molecule has 6 heteroatoms. The molecule has 0 radical (unpaired) electrons. The zero-order valence-corrected chi connectivity index (χ0v) is 8.99. The Bertz CT molecular complexity index is 390. The summed E-state index contributed by atoms with van der Waals surface area (Å²) in [5.41, 5.74) is -0.551. The molecule has 0 aliphatic heterocycles. The molecule has 0 spiro atoms. The lowest BCUT2D eigenvalue weighted by atomic mass is 10.2. The van der Waals surface area contributed by atoms with Gasteiger partial charge >= 0.3 is 0 Å². The fourth-order valence-corrected chi connectivity index (χ4v) is 1.69. The molecule has 74 valence electrons. The minimum absolute atomic E-state index is 0.127. The van der Waals surface area contributed by atoms with Gasteiger partial charge < -0.3 is 5.11 Å². The SMILES string of the molecule is N#Cc1c(I)cc(CO)nc1C(F)F. The molecule has 3 nitrogen and oxygen atoms in total. The second kappa shape index (κ2) is 4.61. The summed E-state index contributed by atoms with van der Waals surface area (Å²) in [6.07, 6.45) is -2.80. The normalized spacial score (nSPS) is 10.3. The van der Waals surface area contributed by atoms with Gasteiger partial charge in [-0.15, -0.1) is 0 Å². The van der Waals surface area contributed by atoms with E-state index in [2.05, 4.69) is 4.98 Å². The van der Waals surface area contributed by atoms with Crippen LogP contribution in [0.25, 0.3) is 0 Å². The number of aliphatic hydroxyl groups excluding tert-OH is 1. The molecule has 0 saturated carbocycles. The van der Waals surface area contributed by atoms with Gasteiger partial charge in [0.2, 0.25) is 0 Å². The standard InChI is InChI=1S/C8H5F2IN2O/c9-8(10)7-5(2-12)6(11)1-4(3-14)13-7/h1,8,14H,3H2. The highest BCUT2D eigenvalue weighted by Crippen LogP contribution is 2.24. The fourth-order valence-electron chi connectivity index (χ4n) is 0.933. The van der Waals surface area contributed by atoms with Crippen LogP contribution in [0.3, 0.4) is 0 Å². The van der Waals surface area contributed by atoms with E-state index >= 15 is 0 Å². The van der Waals surface area contributed by atoms with Gasteiger partial charge in [-0.1, -0.05) is 0 Å². The summed E-state index contributed by atoms with van der Waals surface area (Å²) in [7, 11) is 0. The van der Waals surface area contributed by atoms with E-state index in [9.17, 15) is 8.78 Å². The summed E-state index contributed by atoms with van der Waals surface area (Å²) in [5.74, 6) is 0. The zero-order chi connectivity index (χ0) is 10.7. The Labute approximate surface area is 92.5 Å². The molecule has 0 amide bonds. The number of aliphatic hydroxyl groups is 1. The van der Waals surface area contributed by atoms with Crippen molar-refractivity contribution in [1.82, 2.24) is 4.98 Å². The van der Waals surface area contributed by atoms with Crippen LogP contribution in [0.4, 0.5) is 8.78 Å². The van der Waals surface area contributed by atoms with E-state index in [1.54, 1.807) is 28.7 Å². The lowest BCUT2D eigenvalue weighted by Gasteiger charge is -2.05. The molecule has 0 unspecified atom stereocenters. The highest BCUT2D eigenvalue weighted by atomic mass is 127. The van der Waals surface area contributed by atoms with E-state index < -0.39 is 18.7 Å². The van der Waals surface area contributed by atoms with Gasteiger partial charge in [-0.25, -0.2) is 13.8 Å². The van der Waals surface area contributed by atoms with E-state index in [4.69, 9.17) is 10.4 Å². The van der Waals surface area contributed by atoms with Gasteiger partial charge in [0.1, 0.15) is 11.8 Å². The Balaban J connectivity index is 3.37. The van der Waals surface area contributed by atoms with E-state index in [1.807, 2.05) is 0 Å². The summed E-state index contributed by atoms with van der Waals surface area (Å²) < 4.78 is 25.2. The molecule has 1 aromatic rings. The third-order valence-electron chi connectivity index (χ3n) is 1.53. The summed E-state index contributed by atoms with van der Waals surface area (Å²) in [6, 6.07) is 3.07. The number of nitrogens with zero attached hydrogens (tertiary/aromatic N) is 2. The number of rotatable bonds is 2. The maximum Gasteiger partial charge on any atom is 0.281 e. The van der Waals surface area contributed by atoms with E-state index in [0.29, 0.717) is 3.57 Å². The largest absolute Gasteiger partial charge is 0.390 e. The summed E-state index contributed by atoms with van der Waals surface area (Å²) in [4.78, 5) is 3.50. The van der Waals surface area contributed by atoms with Gasteiger partial charge in [0.05, 0.1) is 17.9 Å². The van der Waals surface area contributed by atoms with Crippen LogP contribution in [0.5, 0.6) is 0 Å². The molecule has 1 heterocycles. The maximum absolute atomic E-state index is 12.4. The molecule has 1 aromatic heterocycles. The van der Waals surface area contributed by atoms with Crippen LogP contribution in [0, 0.1) is 14.9 Å². The molecule has 1 N–H and O–H groups in total. The van der Waals surface area contributed by atoms with E-state index in [0.717, 1.165) is 0 Å². The van der Waals surface area contributed by atoms with E-state index in [1.165, 1.54) is 6.07 Å². The van der Waals surface area contributed by atoms with Crippen molar-refractivity contribution in [3.63, 3.8) is 0 Å². The predicted molar refractivity (Wildman–Crippen MR) is 52.5 cm³/mol. The Morgan fingerprint density at radius 1 is 1.64 bits per heavy atom. The first-order valence-corrected chi connectivity index (χ1v) is 4.66. The Morgan fingerprint density at radius 3 is 2.71 bits per heavy atom. The molecule has 0 aromatic carbocycles. The molecule has 1 rings (SSSR count). The summed E-state index contributed by atoms with van der Waals surface area (Å²) in [5, 5.41) is 17.4. The van der Waals surface area contributed by atoms with Gasteiger partial charge in [0.15, 0.2) is 0 Å². The van der Waals surface area contributed by atoms with Crippen molar-refractivity contribution in [1.29, 1.82) is 5.26 Å². The van der Waals surface area contributed by atoms with Crippen LogP contribution in [-0.4, -0.2) is 10.1 Å². The summed E-state index contributed by atoms with van der Waals surface area (Å²) >= 11 is 1.76. The average molecular weight is 310 g/mol. The molecule has 0 atom stereocenters. The average Bonchev–Trinajstić information content (AvgIpc) is 2.16. The molecular formula is C8H5F2IN2O. The lowest BCUT2D eigenvalue weighted by Crippen LogP contribution is -2.02. The van der Waals surface area contributed by atoms with Crippen LogP contribution in [0.15, 0.2) is 6.07 Å². The minimum Gasteiger partial charge on any atom is -0.390 e. The second-order valence-electron chi connectivity index (χ2n) is 2.43. The van der Waals surface area contributed by atoms with Crippen molar-refractivity contribution in [2.24, 2.45) is 0 Å². The van der Waals surface area contributed by atoms with Crippen LogP contribution in [0.1, 0.15) is 23.4 Å². The predicted octanol–water partition coefficient (Wildman–Crippen LogP) is 1.99. The zero-order valence-electron chi connectivity index (χ0n) is 6.84. The van der Waals surface area contributed by atoms with Crippen molar-refractivity contribution in [2.45, 2.75) is 13.0 Å². The van der Waals surface area contributed by atoms with Gasteiger partial charge in [-0.05, 0) is 28.7 Å². The molecule has 0 bridgehead atoms. The number of hydrogen-bond acceptors (Lipinski definition) is 3. The number of pyridine rings is 1. The highest BCUT2D eigenvalue weighted by Gasteiger charge is 2.18. The quantitative estimate of drug-likeness (QED) is 0.850. The third-order valence-corrected chi connectivity index (χ3v) is 2.38. The Hall–Kier alpha value is -0.810. The molecule has 0 aliphatic rings. The smallest absolute Gasteiger partial charge is 0.281 e. The number of alkyl halides is 2. The van der Waals surface area contributed by atoms with Gasteiger partial charge in [0, 0.05) is 3.57 Å². The second-order valence-corrected chi connectivity index (χ2v) is 3.59. The first-order valence-electron chi connectivity index (χ1n) is 3.58. The lowest BCUT2D eigenvalue weighted by molar-refractivity contribution is 0.144. The van der Waals surface area contributed by atoms with Crippen LogP contribution >= 0.6 is 22.6 Å². The Kier molecular flexibility index (Phi) is 3.71. The monoisotopic (exact) mass is 310 g/mol. The van der Waals surface area contributed by atoms with Crippen molar-refractivity contribution < 1.29 is 13.9 Å². The first-order chi connectivity index (χ1) is 6.60. The van der Waals surface area contributed by atoms with Gasteiger partial charge in [0.25, 0.3) is 6.43 Å². The number of aromatic nitrogens is 1. The van der Waals surface area contributed by atoms with Crippen LogP contribution in [0.2, 0.25) is 0 Å². The topological polar surface area (TPSA) is 56.9 Å². The number of halogens is 3. The van der Waals surface area contributed by atoms with Crippen LogP contribution < -0.4 is 0 Å². The van der Waals surface area contributed by atoms with Crippen molar-refractivity contribution >= 4 is 22.6 Å². The Morgan fingerprint density at radius 2 is 2.29 bits per heavy atom. The van der Waals surface area contributed by atoms with Gasteiger partial charge in [-0.2, -0.15) is 5.26 Å². The molecule has 0 aliphatic carbocycles. The third kappa shape index (κ3) is 2.16. The molecule has 0 saturated heterocycles. The maximum atomic E-state index is 12.4. The summed E-state index contributed by atoms with van der Waals surface area (Å²) in [6.45, 7) is -0.415. The number of nitriles is 1. The molecule has 14 heavy (non-hydrogen) atoms. The van der Waals surface area contributed by atoms with Crippen molar-refractivity contribution in [3.05, 3.63) is 26.6 Å². The minimum atomic E-state index is -2.80.